The minimum Gasteiger partial charge on any atom is -0.489 e. The quantitative estimate of drug-likeness (QED) is 0.575. The fourth-order valence-corrected chi connectivity index (χ4v) is 2.40. The van der Waals surface area contributed by atoms with Crippen LogP contribution < -0.4 is 9.64 Å². The maximum Gasteiger partial charge on any atom is 0.235 e. The Kier molecular flexibility index (Phi) is 2.20. The zero-order chi connectivity index (χ0) is 11.9. The van der Waals surface area contributed by atoms with Gasteiger partial charge in [0.2, 0.25) is 6.08 Å². The van der Waals surface area contributed by atoms with Gasteiger partial charge in [-0.2, -0.15) is 4.99 Å². The third-order valence-corrected chi connectivity index (χ3v) is 3.56. The van der Waals surface area contributed by atoms with E-state index >= 15 is 0 Å². The highest BCUT2D eigenvalue weighted by Gasteiger charge is 2.47. The molecule has 0 N–H and O–H groups in total. The molecule has 0 atom stereocenters. The molecule has 1 heterocycles. The Hall–Kier alpha value is -1.80. The molecule has 0 bridgehead atoms. The lowest BCUT2D eigenvalue weighted by molar-refractivity contribution is 0.305. The number of rotatable bonds is 2. The van der Waals surface area contributed by atoms with E-state index in [0.29, 0.717) is 6.61 Å². The summed E-state index contributed by atoms with van der Waals surface area (Å²) >= 11 is 0. The number of fused-ring (bicyclic) bond motifs is 1. The molecule has 0 amide bonds. The molecule has 1 fully saturated rings. The molecule has 0 saturated heterocycles. The number of hydrogen-bond donors (Lipinski definition) is 0. The Morgan fingerprint density at radius 2 is 2.29 bits per heavy atom. The van der Waals surface area contributed by atoms with Crippen LogP contribution in [-0.2, 0) is 10.3 Å². The second-order valence-corrected chi connectivity index (χ2v) is 4.66. The number of likely N-dealkylation sites (N-methyl/N-ethyl adjacent to an activating group) is 1. The van der Waals surface area contributed by atoms with E-state index in [0.717, 1.165) is 36.4 Å². The summed E-state index contributed by atoms with van der Waals surface area (Å²) in [5.41, 5.74) is 1.76. The highest BCUT2D eigenvalue weighted by Crippen LogP contribution is 2.54. The first-order valence-corrected chi connectivity index (χ1v) is 5.83. The van der Waals surface area contributed by atoms with Crippen LogP contribution >= 0.6 is 0 Å². The minimum absolute atomic E-state index is 0.356. The first-order chi connectivity index (χ1) is 8.27. The summed E-state index contributed by atoms with van der Waals surface area (Å²) in [4.78, 5) is 16.7. The van der Waals surface area contributed by atoms with Crippen LogP contribution in [0.2, 0.25) is 0 Å². The Balaban J connectivity index is 2.12. The molecule has 1 aromatic carbocycles. The summed E-state index contributed by atoms with van der Waals surface area (Å²) in [5.74, 6) is 0.887. The van der Waals surface area contributed by atoms with Crippen molar-refractivity contribution in [1.82, 2.24) is 0 Å². The highest BCUT2D eigenvalue weighted by molar-refractivity contribution is 5.65. The molecule has 1 aliphatic heterocycles. The predicted octanol–water partition coefficient (Wildman–Crippen LogP) is 1.84. The van der Waals surface area contributed by atoms with E-state index in [-0.39, 0.29) is 5.54 Å². The standard InChI is InChI=1S/C13H14N2O2/c1-15-7-8-17-12-10(3-2-4-11(12)15)13(5-6-13)14-9-16/h2-4H,5-8H2,1H3. The van der Waals surface area contributed by atoms with Gasteiger partial charge in [-0.3, -0.25) is 0 Å². The molecule has 1 saturated carbocycles. The molecule has 0 radical (unpaired) electrons. The summed E-state index contributed by atoms with van der Waals surface area (Å²) in [6.45, 7) is 1.57. The maximum absolute atomic E-state index is 10.5. The fraction of sp³-hybridized carbons (Fsp3) is 0.462. The fourth-order valence-electron chi connectivity index (χ4n) is 2.40. The van der Waals surface area contributed by atoms with Crippen molar-refractivity contribution in [3.8, 4) is 5.75 Å². The summed E-state index contributed by atoms with van der Waals surface area (Å²) in [5, 5.41) is 0. The summed E-state index contributed by atoms with van der Waals surface area (Å²) in [6.07, 6.45) is 3.51. The van der Waals surface area contributed by atoms with Crippen molar-refractivity contribution < 1.29 is 9.53 Å². The van der Waals surface area contributed by atoms with Crippen LogP contribution in [0, 0.1) is 0 Å². The molecule has 4 nitrogen and oxygen atoms in total. The first kappa shape index (κ1) is 10.4. The van der Waals surface area contributed by atoms with Crippen LogP contribution in [0.25, 0.3) is 0 Å². The largest absolute Gasteiger partial charge is 0.489 e. The Bertz CT molecular complexity index is 502. The summed E-state index contributed by atoms with van der Waals surface area (Å²) in [6, 6.07) is 6.05. The van der Waals surface area contributed by atoms with Crippen molar-refractivity contribution in [2.75, 3.05) is 25.1 Å². The molecule has 1 aromatic rings. The van der Waals surface area contributed by atoms with E-state index in [1.54, 1.807) is 6.08 Å². The lowest BCUT2D eigenvalue weighted by Gasteiger charge is -2.30. The lowest BCUT2D eigenvalue weighted by Crippen LogP contribution is -2.29. The van der Waals surface area contributed by atoms with Gasteiger partial charge in [0.25, 0.3) is 0 Å². The SMILES string of the molecule is CN1CCOc2c1cccc2C1(N=C=O)CC1. The van der Waals surface area contributed by atoms with Crippen molar-refractivity contribution in [2.24, 2.45) is 4.99 Å². The second-order valence-electron chi connectivity index (χ2n) is 4.66. The van der Waals surface area contributed by atoms with Crippen LogP contribution in [0.5, 0.6) is 5.75 Å². The molecule has 88 valence electrons. The molecule has 0 unspecified atom stereocenters. The average molecular weight is 230 g/mol. The minimum atomic E-state index is -0.356. The third kappa shape index (κ3) is 1.53. The maximum atomic E-state index is 10.5. The monoisotopic (exact) mass is 230 g/mol. The third-order valence-electron chi connectivity index (χ3n) is 3.56. The van der Waals surface area contributed by atoms with Gasteiger partial charge in [0.05, 0.1) is 12.2 Å². The van der Waals surface area contributed by atoms with Gasteiger partial charge in [0.15, 0.2) is 0 Å². The van der Waals surface area contributed by atoms with Gasteiger partial charge in [-0.25, -0.2) is 4.79 Å². The first-order valence-electron chi connectivity index (χ1n) is 5.83. The number of carbonyl (C=O) groups excluding carboxylic acids is 1. The smallest absolute Gasteiger partial charge is 0.235 e. The molecule has 0 aromatic heterocycles. The summed E-state index contributed by atoms with van der Waals surface area (Å²) < 4.78 is 5.77. The van der Waals surface area contributed by atoms with E-state index in [1.807, 2.05) is 25.2 Å². The van der Waals surface area contributed by atoms with Crippen molar-refractivity contribution >= 4 is 11.8 Å². The highest BCUT2D eigenvalue weighted by atomic mass is 16.5. The Morgan fingerprint density at radius 1 is 1.47 bits per heavy atom. The van der Waals surface area contributed by atoms with Gasteiger partial charge in [0.1, 0.15) is 17.9 Å². The topological polar surface area (TPSA) is 41.9 Å². The molecular weight excluding hydrogens is 216 g/mol. The van der Waals surface area contributed by atoms with Crippen molar-refractivity contribution in [2.45, 2.75) is 18.4 Å². The molecule has 3 rings (SSSR count). The van der Waals surface area contributed by atoms with E-state index < -0.39 is 0 Å². The van der Waals surface area contributed by atoms with E-state index in [2.05, 4.69) is 9.89 Å². The zero-order valence-electron chi connectivity index (χ0n) is 9.77. The van der Waals surface area contributed by atoms with Gasteiger partial charge in [-0.1, -0.05) is 12.1 Å². The van der Waals surface area contributed by atoms with Crippen molar-refractivity contribution in [1.29, 1.82) is 0 Å². The van der Waals surface area contributed by atoms with Gasteiger partial charge < -0.3 is 9.64 Å². The van der Waals surface area contributed by atoms with Crippen LogP contribution in [0.15, 0.2) is 23.2 Å². The molecule has 0 spiro atoms. The summed E-state index contributed by atoms with van der Waals surface area (Å²) in [7, 11) is 2.05. The van der Waals surface area contributed by atoms with Gasteiger partial charge in [0, 0.05) is 12.6 Å². The Morgan fingerprint density at radius 3 is 3.00 bits per heavy atom. The number of isocyanates is 1. The normalized spacial score (nSPS) is 19.9. The molecular formula is C13H14N2O2. The molecule has 2 aliphatic rings. The van der Waals surface area contributed by atoms with Crippen LogP contribution in [0.4, 0.5) is 5.69 Å². The van der Waals surface area contributed by atoms with E-state index in [1.165, 1.54) is 0 Å². The number of para-hydroxylation sites is 1. The zero-order valence-corrected chi connectivity index (χ0v) is 9.77. The number of nitrogens with zero attached hydrogens (tertiary/aromatic N) is 2. The lowest BCUT2D eigenvalue weighted by atomic mass is 10.0. The molecule has 17 heavy (non-hydrogen) atoms. The van der Waals surface area contributed by atoms with E-state index in [4.69, 9.17) is 4.74 Å². The predicted molar refractivity (Wildman–Crippen MR) is 64.2 cm³/mol. The van der Waals surface area contributed by atoms with Crippen LogP contribution in [0.1, 0.15) is 18.4 Å². The number of hydrogen-bond acceptors (Lipinski definition) is 4. The average Bonchev–Trinajstić information content (AvgIpc) is 3.10. The number of ether oxygens (including phenoxy) is 1. The van der Waals surface area contributed by atoms with Crippen molar-refractivity contribution in [3.05, 3.63) is 23.8 Å². The number of benzene rings is 1. The Labute approximate surface area is 99.9 Å². The van der Waals surface area contributed by atoms with Gasteiger partial charge >= 0.3 is 0 Å². The second kappa shape index (κ2) is 3.60. The van der Waals surface area contributed by atoms with Crippen LogP contribution in [-0.4, -0.2) is 26.3 Å². The number of anilines is 1. The van der Waals surface area contributed by atoms with E-state index in [9.17, 15) is 4.79 Å². The molecule has 1 aliphatic carbocycles. The van der Waals surface area contributed by atoms with Gasteiger partial charge in [-0.15, -0.1) is 0 Å². The number of aliphatic imine (C=N–C) groups is 1. The van der Waals surface area contributed by atoms with Gasteiger partial charge in [-0.05, 0) is 18.9 Å². The van der Waals surface area contributed by atoms with Crippen LogP contribution in [0.3, 0.4) is 0 Å². The molecule has 4 heteroatoms. The van der Waals surface area contributed by atoms with Crippen molar-refractivity contribution in [3.63, 3.8) is 0 Å².